The fraction of sp³-hybridized carbons (Fsp3) is 0.390. The van der Waals surface area contributed by atoms with Gasteiger partial charge in [0.05, 0.1) is 39.2 Å². The van der Waals surface area contributed by atoms with Crippen molar-refractivity contribution < 1.29 is 34.4 Å². The van der Waals surface area contributed by atoms with Crippen LogP contribution < -0.4 is 15.6 Å². The predicted octanol–water partition coefficient (Wildman–Crippen LogP) is 7.52. The number of halogens is 1. The van der Waals surface area contributed by atoms with Gasteiger partial charge >= 0.3 is 5.97 Å². The summed E-state index contributed by atoms with van der Waals surface area (Å²) in [7, 11) is 3.57. The molecule has 5 aromatic rings. The molecular formula is C41H46ClN3O8S2. The Labute approximate surface area is 332 Å². The first-order valence-electron chi connectivity index (χ1n) is 18.4. The highest BCUT2D eigenvalue weighted by atomic mass is 35.5. The number of aromatic amines is 1. The minimum absolute atomic E-state index is 0.0491. The molecule has 55 heavy (non-hydrogen) atoms. The van der Waals surface area contributed by atoms with Gasteiger partial charge in [0.2, 0.25) is 17.1 Å². The molecule has 0 unspecified atom stereocenters. The van der Waals surface area contributed by atoms with Crippen LogP contribution in [0.15, 0.2) is 76.2 Å². The highest BCUT2D eigenvalue weighted by Gasteiger charge is 2.45. The van der Waals surface area contributed by atoms with Crippen LogP contribution in [0.4, 0.5) is 5.69 Å². The first kappa shape index (κ1) is 40.4. The fourth-order valence-electron chi connectivity index (χ4n) is 7.24. The summed E-state index contributed by atoms with van der Waals surface area (Å²) in [5, 5.41) is 40.2. The Bertz CT molecular complexity index is 2100. The maximum atomic E-state index is 13.4. The van der Waals surface area contributed by atoms with Crippen LogP contribution in [0.3, 0.4) is 0 Å². The lowest BCUT2D eigenvalue weighted by Crippen LogP contribution is -2.42. The van der Waals surface area contributed by atoms with E-state index in [9.17, 15) is 29.7 Å². The molecule has 3 aromatic heterocycles. The van der Waals surface area contributed by atoms with E-state index in [0.29, 0.717) is 81.3 Å². The van der Waals surface area contributed by atoms with Gasteiger partial charge < -0.3 is 40.0 Å². The average molecular weight is 808 g/mol. The van der Waals surface area contributed by atoms with Crippen molar-refractivity contribution in [3.05, 3.63) is 108 Å². The quantitative estimate of drug-likeness (QED) is 0.0502. The number of anilines is 1. The molecule has 1 aliphatic rings. The molecule has 3 heterocycles. The number of rotatable bonds is 16. The molecule has 0 bridgehead atoms. The Balaban J connectivity index is 0.946. The smallest absolute Gasteiger partial charge is 0.349 e. The van der Waals surface area contributed by atoms with Gasteiger partial charge in [0, 0.05) is 36.5 Å². The van der Waals surface area contributed by atoms with Gasteiger partial charge in [-0.3, -0.25) is 9.59 Å². The molecule has 1 amide bonds. The van der Waals surface area contributed by atoms with E-state index >= 15 is 0 Å². The predicted molar refractivity (Wildman–Crippen MR) is 216 cm³/mol. The van der Waals surface area contributed by atoms with Crippen LogP contribution in [-0.4, -0.2) is 69.9 Å². The standard InChI is InChI=1S/C41H46ClN3O8S2/c1-45(26-11-13-27(14-12-26)53-40(50)41(51,35-9-5-21-54-35)36-10-6-22-55-36)20-19-38(49)43-31-24-34(52-2)25(23-30(31)42)7-3-4-8-32(46)28-15-17-33(47)39-29(28)16-18-37(48)44-39/h5-6,9-10,15-18,21-24,26-27,32,46-47,51H,3-4,7-8,11-14,19-20H2,1-2H3,(H,43,49)(H,44,48)/t26?,27?,32-/m0/s1. The third-order valence-corrected chi connectivity index (χ3v) is 12.6. The maximum absolute atomic E-state index is 13.4. The van der Waals surface area contributed by atoms with Gasteiger partial charge in [-0.1, -0.05) is 36.2 Å². The van der Waals surface area contributed by atoms with Crippen molar-refractivity contribution in [2.45, 2.75) is 81.6 Å². The molecular weight excluding hydrogens is 762 g/mol. The van der Waals surface area contributed by atoms with Crippen LogP contribution in [0.1, 0.15) is 78.4 Å². The van der Waals surface area contributed by atoms with Crippen molar-refractivity contribution in [2.75, 3.05) is 26.0 Å². The van der Waals surface area contributed by atoms with Crippen LogP contribution in [0, 0.1) is 0 Å². The van der Waals surface area contributed by atoms with E-state index in [1.54, 1.807) is 43.5 Å². The minimum Gasteiger partial charge on any atom is -0.506 e. The zero-order valence-corrected chi connectivity index (χ0v) is 33.1. The molecule has 11 nitrogen and oxygen atoms in total. The second-order valence-electron chi connectivity index (χ2n) is 14.0. The molecule has 2 aromatic carbocycles. The summed E-state index contributed by atoms with van der Waals surface area (Å²) >= 11 is 9.27. The van der Waals surface area contributed by atoms with Gasteiger partial charge in [0.15, 0.2) is 0 Å². The first-order valence-corrected chi connectivity index (χ1v) is 20.5. The molecule has 6 rings (SSSR count). The average Bonchev–Trinajstić information content (AvgIpc) is 3.93. The Kier molecular flexibility index (Phi) is 13.3. The molecule has 0 saturated heterocycles. The zero-order valence-electron chi connectivity index (χ0n) is 30.8. The number of nitrogens with one attached hydrogen (secondary N) is 2. The molecule has 1 saturated carbocycles. The summed E-state index contributed by atoms with van der Waals surface area (Å²) in [5.74, 6) is -0.266. The second-order valence-corrected chi connectivity index (χ2v) is 16.3. The second kappa shape index (κ2) is 18.1. The lowest BCUT2D eigenvalue weighted by molar-refractivity contribution is -0.169. The summed E-state index contributed by atoms with van der Waals surface area (Å²) < 4.78 is 11.5. The molecule has 14 heteroatoms. The number of unbranched alkanes of at least 4 members (excludes halogenated alkanes) is 1. The third kappa shape index (κ3) is 9.42. The molecule has 1 fully saturated rings. The minimum atomic E-state index is -1.82. The van der Waals surface area contributed by atoms with E-state index in [-0.39, 0.29) is 35.8 Å². The van der Waals surface area contributed by atoms with Gasteiger partial charge in [0.25, 0.3) is 0 Å². The number of hydrogen-bond donors (Lipinski definition) is 5. The molecule has 1 atom stereocenters. The molecule has 1 aliphatic carbocycles. The molecule has 5 N–H and O–H groups in total. The number of aromatic hydroxyl groups is 1. The highest BCUT2D eigenvalue weighted by molar-refractivity contribution is 7.12. The van der Waals surface area contributed by atoms with Gasteiger partial charge in [-0.15, -0.1) is 22.7 Å². The van der Waals surface area contributed by atoms with Crippen molar-refractivity contribution in [2.24, 2.45) is 0 Å². The summed E-state index contributed by atoms with van der Waals surface area (Å²) in [6, 6.07) is 17.0. The lowest BCUT2D eigenvalue weighted by Gasteiger charge is -2.35. The zero-order chi connectivity index (χ0) is 39.1. The van der Waals surface area contributed by atoms with E-state index in [1.165, 1.54) is 34.8 Å². The normalized spacial score (nSPS) is 16.6. The number of phenolic OH excluding ortho intramolecular Hbond substituents is 1. The number of nitrogens with zero attached hydrogens (tertiary/aromatic N) is 1. The summed E-state index contributed by atoms with van der Waals surface area (Å²) in [6.07, 6.45) is 4.67. The summed E-state index contributed by atoms with van der Waals surface area (Å²) in [4.78, 5) is 44.0. The van der Waals surface area contributed by atoms with Crippen molar-refractivity contribution in [3.8, 4) is 11.5 Å². The van der Waals surface area contributed by atoms with E-state index in [1.807, 2.05) is 29.9 Å². The highest BCUT2D eigenvalue weighted by Crippen LogP contribution is 2.38. The number of pyridine rings is 1. The van der Waals surface area contributed by atoms with Gasteiger partial charge in [-0.2, -0.15) is 0 Å². The molecule has 0 spiro atoms. The number of phenols is 1. The number of fused-ring (bicyclic) bond motifs is 1. The number of aromatic nitrogens is 1. The number of thiophene rings is 2. The van der Waals surface area contributed by atoms with E-state index in [2.05, 4.69) is 15.2 Å². The Hall–Kier alpha value is -4.24. The van der Waals surface area contributed by atoms with Crippen LogP contribution in [-0.2, 0) is 26.3 Å². The van der Waals surface area contributed by atoms with Crippen LogP contribution >= 0.6 is 34.3 Å². The number of carbonyl (C=O) groups excluding carboxylic acids is 2. The molecule has 292 valence electrons. The number of aliphatic hydroxyl groups excluding tert-OH is 1. The summed E-state index contributed by atoms with van der Waals surface area (Å²) in [5.41, 5.74) is 0.143. The van der Waals surface area contributed by atoms with E-state index < -0.39 is 17.7 Å². The number of methoxy groups -OCH3 is 1. The fourth-order valence-corrected chi connectivity index (χ4v) is 9.19. The van der Waals surface area contributed by atoms with Crippen LogP contribution in [0.5, 0.6) is 11.5 Å². The van der Waals surface area contributed by atoms with Crippen LogP contribution in [0.25, 0.3) is 10.9 Å². The van der Waals surface area contributed by atoms with Crippen molar-refractivity contribution >= 4 is 62.7 Å². The van der Waals surface area contributed by atoms with Crippen molar-refractivity contribution in [1.29, 1.82) is 0 Å². The number of esters is 1. The van der Waals surface area contributed by atoms with Crippen molar-refractivity contribution in [3.63, 3.8) is 0 Å². The number of benzene rings is 2. The Morgan fingerprint density at radius 2 is 1.75 bits per heavy atom. The molecule has 0 aliphatic heterocycles. The van der Waals surface area contributed by atoms with Crippen LogP contribution in [0.2, 0.25) is 5.02 Å². The van der Waals surface area contributed by atoms with Gasteiger partial charge in [-0.05, 0) is 104 Å². The number of carbonyl (C=O) groups is 2. The Morgan fingerprint density at radius 1 is 1.04 bits per heavy atom. The largest absolute Gasteiger partial charge is 0.506 e. The number of H-pyrrole nitrogens is 1. The lowest BCUT2D eigenvalue weighted by atomic mass is 9.91. The van der Waals surface area contributed by atoms with E-state index in [4.69, 9.17) is 21.1 Å². The SMILES string of the molecule is COc1cc(NC(=O)CCN(C)C2CCC(OC(=O)C(O)(c3cccs3)c3cccs3)CC2)c(Cl)cc1CCCC[C@H](O)c1ccc(O)c2[nH]c(=O)ccc12. The number of hydrogen-bond acceptors (Lipinski definition) is 11. The number of ether oxygens (including phenoxy) is 2. The topological polar surface area (TPSA) is 161 Å². The summed E-state index contributed by atoms with van der Waals surface area (Å²) in [6.45, 7) is 0.536. The number of aryl methyl sites for hydroxylation is 1. The van der Waals surface area contributed by atoms with Gasteiger partial charge in [0.1, 0.15) is 17.6 Å². The van der Waals surface area contributed by atoms with Crippen molar-refractivity contribution in [1.82, 2.24) is 9.88 Å². The maximum Gasteiger partial charge on any atom is 0.349 e. The van der Waals surface area contributed by atoms with Gasteiger partial charge in [-0.25, -0.2) is 4.79 Å². The molecule has 0 radical (unpaired) electrons. The number of aliphatic hydroxyl groups is 2. The number of amides is 1. The monoisotopic (exact) mass is 807 g/mol. The Morgan fingerprint density at radius 3 is 2.40 bits per heavy atom. The third-order valence-electron chi connectivity index (χ3n) is 10.4. The first-order chi connectivity index (χ1) is 26.5. The van der Waals surface area contributed by atoms with E-state index in [0.717, 1.165) is 24.8 Å².